The molecule has 2 aromatic heterocycles. The van der Waals surface area contributed by atoms with Crippen LogP contribution in [-0.2, 0) is 6.54 Å². The second kappa shape index (κ2) is 6.60. The Morgan fingerprint density at radius 1 is 1.08 bits per heavy atom. The van der Waals surface area contributed by atoms with Gasteiger partial charge in [-0.1, -0.05) is 12.1 Å². The van der Waals surface area contributed by atoms with Gasteiger partial charge in [0.2, 0.25) is 0 Å². The van der Waals surface area contributed by atoms with Crippen molar-refractivity contribution in [2.75, 3.05) is 5.32 Å². The maximum atomic E-state index is 5.30. The molecule has 0 unspecified atom stereocenters. The molecule has 0 aliphatic heterocycles. The van der Waals surface area contributed by atoms with Gasteiger partial charge in [-0.3, -0.25) is 0 Å². The molecule has 2 heterocycles. The first-order valence-corrected chi connectivity index (χ1v) is 7.97. The molecule has 0 fully saturated rings. The van der Waals surface area contributed by atoms with Crippen LogP contribution in [0.2, 0.25) is 0 Å². The number of aryl methyl sites for hydroxylation is 1. The number of rotatable bonds is 5. The molecule has 6 nitrogen and oxygen atoms in total. The summed E-state index contributed by atoms with van der Waals surface area (Å²) >= 11 is 0. The van der Waals surface area contributed by atoms with Gasteiger partial charge in [-0.15, -0.1) is 0 Å². The molecule has 0 aliphatic rings. The van der Waals surface area contributed by atoms with Crippen LogP contribution in [0.1, 0.15) is 11.1 Å². The molecule has 0 saturated carbocycles. The highest BCUT2D eigenvalue weighted by molar-refractivity contribution is 5.60. The van der Waals surface area contributed by atoms with Crippen LogP contribution in [0.4, 0.5) is 5.69 Å². The molecule has 0 spiro atoms. The summed E-state index contributed by atoms with van der Waals surface area (Å²) in [5.74, 6) is 0.769. The van der Waals surface area contributed by atoms with Crippen LogP contribution in [-0.4, -0.2) is 19.7 Å². The zero-order valence-corrected chi connectivity index (χ0v) is 13.8. The summed E-state index contributed by atoms with van der Waals surface area (Å²) in [5, 5.41) is 7.61. The predicted molar refractivity (Wildman–Crippen MR) is 95.4 cm³/mol. The van der Waals surface area contributed by atoms with E-state index in [2.05, 4.69) is 45.5 Å². The van der Waals surface area contributed by atoms with Gasteiger partial charge < -0.3 is 9.73 Å². The van der Waals surface area contributed by atoms with E-state index in [9.17, 15) is 0 Å². The fourth-order valence-corrected chi connectivity index (χ4v) is 2.73. The Balaban J connectivity index is 1.44. The van der Waals surface area contributed by atoms with Crippen LogP contribution >= 0.6 is 0 Å². The first-order valence-electron chi connectivity index (χ1n) is 7.97. The van der Waals surface area contributed by atoms with Crippen molar-refractivity contribution in [3.05, 3.63) is 78.8 Å². The van der Waals surface area contributed by atoms with Crippen LogP contribution in [0.5, 0.6) is 0 Å². The smallest absolute Gasteiger partial charge is 0.181 e. The van der Waals surface area contributed by atoms with Gasteiger partial charge in [-0.2, -0.15) is 5.10 Å². The third-order valence-electron chi connectivity index (χ3n) is 4.03. The summed E-state index contributed by atoms with van der Waals surface area (Å²) in [4.78, 5) is 7.93. The SMILES string of the molecule is Cc1cc(CNc2ccc(-c3cnco3)cc2)ccc1-n1cncn1. The van der Waals surface area contributed by atoms with E-state index >= 15 is 0 Å². The minimum Gasteiger partial charge on any atom is -0.444 e. The highest BCUT2D eigenvalue weighted by Crippen LogP contribution is 2.21. The first-order chi connectivity index (χ1) is 12.3. The maximum absolute atomic E-state index is 5.30. The number of oxazole rings is 1. The average Bonchev–Trinajstić information content (AvgIpc) is 3.34. The van der Waals surface area contributed by atoms with Gasteiger partial charge in [0.05, 0.1) is 11.9 Å². The van der Waals surface area contributed by atoms with E-state index in [0.717, 1.165) is 34.8 Å². The average molecular weight is 331 g/mol. The summed E-state index contributed by atoms with van der Waals surface area (Å²) in [6.07, 6.45) is 6.39. The Hall–Kier alpha value is -3.41. The maximum Gasteiger partial charge on any atom is 0.181 e. The van der Waals surface area contributed by atoms with Crippen molar-refractivity contribution in [2.24, 2.45) is 0 Å². The standard InChI is InChI=1S/C19H17N5O/c1-14-8-15(2-7-18(14)24-12-21-11-23-24)9-22-17-5-3-16(4-6-17)19-10-20-13-25-19/h2-8,10-13,22H,9H2,1H3. The van der Waals surface area contributed by atoms with Crippen molar-refractivity contribution in [2.45, 2.75) is 13.5 Å². The lowest BCUT2D eigenvalue weighted by molar-refractivity contribution is 0.572. The van der Waals surface area contributed by atoms with Crippen LogP contribution in [0, 0.1) is 6.92 Å². The molecular weight excluding hydrogens is 314 g/mol. The number of nitrogens with zero attached hydrogens (tertiary/aromatic N) is 4. The Morgan fingerprint density at radius 3 is 2.64 bits per heavy atom. The second-order valence-corrected chi connectivity index (χ2v) is 5.76. The van der Waals surface area contributed by atoms with Gasteiger partial charge in [0.25, 0.3) is 0 Å². The van der Waals surface area contributed by atoms with Crippen LogP contribution in [0.3, 0.4) is 0 Å². The fraction of sp³-hybridized carbons (Fsp3) is 0.105. The van der Waals surface area contributed by atoms with Gasteiger partial charge in [0.15, 0.2) is 12.2 Å². The van der Waals surface area contributed by atoms with Crippen molar-refractivity contribution >= 4 is 5.69 Å². The Morgan fingerprint density at radius 2 is 1.96 bits per heavy atom. The molecular formula is C19H17N5O. The number of nitrogens with one attached hydrogen (secondary N) is 1. The molecule has 124 valence electrons. The molecule has 0 bridgehead atoms. The first kappa shape index (κ1) is 15.1. The molecule has 4 rings (SSSR count). The van der Waals surface area contributed by atoms with E-state index in [1.165, 1.54) is 18.3 Å². The molecule has 6 heteroatoms. The molecule has 0 aliphatic carbocycles. The monoisotopic (exact) mass is 331 g/mol. The van der Waals surface area contributed by atoms with Crippen molar-refractivity contribution < 1.29 is 4.42 Å². The van der Waals surface area contributed by atoms with E-state index in [1.54, 1.807) is 17.2 Å². The molecule has 2 aromatic carbocycles. The van der Waals surface area contributed by atoms with Gasteiger partial charge in [0.1, 0.15) is 12.7 Å². The molecule has 0 amide bonds. The zero-order valence-electron chi connectivity index (χ0n) is 13.8. The third kappa shape index (κ3) is 3.28. The molecule has 0 radical (unpaired) electrons. The Bertz CT molecular complexity index is 944. The highest BCUT2D eigenvalue weighted by atomic mass is 16.3. The number of hydrogen-bond acceptors (Lipinski definition) is 5. The lowest BCUT2D eigenvalue weighted by Gasteiger charge is -2.10. The summed E-state index contributed by atoms with van der Waals surface area (Å²) < 4.78 is 7.07. The van der Waals surface area contributed by atoms with Gasteiger partial charge >= 0.3 is 0 Å². The Labute approximate surface area is 145 Å². The normalized spacial score (nSPS) is 10.8. The third-order valence-corrected chi connectivity index (χ3v) is 4.03. The van der Waals surface area contributed by atoms with Crippen molar-refractivity contribution in [1.29, 1.82) is 0 Å². The van der Waals surface area contributed by atoms with Crippen LogP contribution < -0.4 is 5.32 Å². The van der Waals surface area contributed by atoms with Gasteiger partial charge in [0, 0.05) is 17.8 Å². The molecule has 1 N–H and O–H groups in total. The number of benzene rings is 2. The summed E-state index contributed by atoms with van der Waals surface area (Å²) in [7, 11) is 0. The molecule has 0 saturated heterocycles. The van der Waals surface area contributed by atoms with Gasteiger partial charge in [-0.05, 0) is 48.4 Å². The van der Waals surface area contributed by atoms with Crippen molar-refractivity contribution in [3.63, 3.8) is 0 Å². The minimum absolute atomic E-state index is 0.750. The van der Waals surface area contributed by atoms with E-state index in [4.69, 9.17) is 4.42 Å². The van der Waals surface area contributed by atoms with Crippen LogP contribution in [0.25, 0.3) is 17.0 Å². The molecule has 25 heavy (non-hydrogen) atoms. The summed E-state index contributed by atoms with van der Waals surface area (Å²) in [5.41, 5.74) is 5.47. The number of anilines is 1. The largest absolute Gasteiger partial charge is 0.444 e. The second-order valence-electron chi connectivity index (χ2n) is 5.76. The van der Waals surface area contributed by atoms with Gasteiger partial charge in [-0.25, -0.2) is 14.6 Å². The van der Waals surface area contributed by atoms with E-state index in [-0.39, 0.29) is 0 Å². The molecule has 4 aromatic rings. The molecule has 0 atom stereocenters. The number of aromatic nitrogens is 4. The van der Waals surface area contributed by atoms with Crippen molar-refractivity contribution in [1.82, 2.24) is 19.7 Å². The summed E-state index contributed by atoms with van der Waals surface area (Å²) in [6.45, 7) is 2.83. The lowest BCUT2D eigenvalue weighted by atomic mass is 10.1. The Kier molecular flexibility index (Phi) is 4.00. The fourth-order valence-electron chi connectivity index (χ4n) is 2.73. The van der Waals surface area contributed by atoms with E-state index in [0.29, 0.717) is 0 Å². The predicted octanol–water partition coefficient (Wildman–Crippen LogP) is 3.84. The van der Waals surface area contributed by atoms with E-state index < -0.39 is 0 Å². The highest BCUT2D eigenvalue weighted by Gasteiger charge is 2.04. The minimum atomic E-state index is 0.750. The summed E-state index contributed by atoms with van der Waals surface area (Å²) in [6, 6.07) is 14.4. The zero-order chi connectivity index (χ0) is 17.1. The topological polar surface area (TPSA) is 68.8 Å². The number of hydrogen-bond donors (Lipinski definition) is 1. The quantitative estimate of drug-likeness (QED) is 0.602. The van der Waals surface area contributed by atoms with Crippen LogP contribution in [0.15, 0.2) is 72.1 Å². The van der Waals surface area contributed by atoms with E-state index in [1.807, 2.05) is 24.3 Å². The lowest BCUT2D eigenvalue weighted by Crippen LogP contribution is -2.02. The van der Waals surface area contributed by atoms with Crippen molar-refractivity contribution in [3.8, 4) is 17.0 Å².